The number of ether oxygens (including phenoxy) is 1. The van der Waals surface area contributed by atoms with Crippen LogP contribution in [0.25, 0.3) is 5.76 Å². The number of aliphatic hydroxyl groups is 1. The molecule has 4 rings (SSSR count). The van der Waals surface area contributed by atoms with Crippen molar-refractivity contribution in [3.8, 4) is 5.75 Å². The highest BCUT2D eigenvalue weighted by Gasteiger charge is 2.48. The van der Waals surface area contributed by atoms with E-state index in [1.54, 1.807) is 36.4 Å². The molecule has 158 valence electrons. The van der Waals surface area contributed by atoms with Crippen LogP contribution in [-0.4, -0.2) is 23.9 Å². The predicted molar refractivity (Wildman–Crippen MR) is 118 cm³/mol. The Kier molecular flexibility index (Phi) is 5.71. The van der Waals surface area contributed by atoms with Crippen molar-refractivity contribution < 1.29 is 23.8 Å². The number of ketones is 1. The van der Waals surface area contributed by atoms with Crippen molar-refractivity contribution in [3.63, 3.8) is 0 Å². The molecule has 1 unspecified atom stereocenters. The molecule has 1 amide bonds. The number of carbonyl (C=O) groups is 2. The molecule has 0 radical (unpaired) electrons. The number of Topliss-reactive ketones (excluding diaryl/α,β-unsaturated/α-hetero) is 1. The van der Waals surface area contributed by atoms with Gasteiger partial charge in [0.05, 0.1) is 29.0 Å². The van der Waals surface area contributed by atoms with Gasteiger partial charge < -0.3 is 14.3 Å². The molecular formula is C22H14Cl3NO5. The number of anilines is 1. The van der Waals surface area contributed by atoms with Crippen LogP contribution in [0.4, 0.5) is 5.69 Å². The molecule has 1 atom stereocenters. The summed E-state index contributed by atoms with van der Waals surface area (Å²) < 4.78 is 10.6. The maximum atomic E-state index is 13.0. The van der Waals surface area contributed by atoms with E-state index >= 15 is 0 Å². The van der Waals surface area contributed by atoms with Gasteiger partial charge in [-0.2, -0.15) is 0 Å². The summed E-state index contributed by atoms with van der Waals surface area (Å²) in [5.74, 6) is -1.62. The van der Waals surface area contributed by atoms with Gasteiger partial charge in [-0.15, -0.1) is 0 Å². The minimum Gasteiger partial charge on any atom is -0.507 e. The van der Waals surface area contributed by atoms with Gasteiger partial charge in [0.1, 0.15) is 17.6 Å². The highest BCUT2D eigenvalue weighted by atomic mass is 35.5. The van der Waals surface area contributed by atoms with Crippen LogP contribution in [-0.2, 0) is 9.59 Å². The van der Waals surface area contributed by atoms with E-state index in [-0.39, 0.29) is 26.9 Å². The van der Waals surface area contributed by atoms with Gasteiger partial charge in [0, 0.05) is 16.3 Å². The molecule has 2 aromatic carbocycles. The zero-order valence-electron chi connectivity index (χ0n) is 15.9. The van der Waals surface area contributed by atoms with E-state index in [9.17, 15) is 14.7 Å². The first-order valence-electron chi connectivity index (χ1n) is 8.97. The van der Waals surface area contributed by atoms with Crippen LogP contribution in [0.15, 0.2) is 64.8 Å². The molecule has 0 bridgehead atoms. The number of methoxy groups -OCH3 is 1. The second-order valence-electron chi connectivity index (χ2n) is 6.63. The van der Waals surface area contributed by atoms with E-state index in [4.69, 9.17) is 44.0 Å². The molecule has 6 nitrogen and oxygen atoms in total. The van der Waals surface area contributed by atoms with Crippen molar-refractivity contribution in [3.05, 3.63) is 86.8 Å². The molecule has 0 aliphatic carbocycles. The maximum Gasteiger partial charge on any atom is 0.300 e. The molecule has 1 aromatic heterocycles. The van der Waals surface area contributed by atoms with E-state index < -0.39 is 23.5 Å². The lowest BCUT2D eigenvalue weighted by Crippen LogP contribution is -2.29. The second-order valence-corrected chi connectivity index (χ2v) is 7.88. The van der Waals surface area contributed by atoms with Crippen molar-refractivity contribution in [2.45, 2.75) is 6.04 Å². The Morgan fingerprint density at radius 2 is 1.71 bits per heavy atom. The Bertz CT molecular complexity index is 1180. The molecule has 9 heteroatoms. The molecule has 31 heavy (non-hydrogen) atoms. The minimum absolute atomic E-state index is 0.137. The van der Waals surface area contributed by atoms with Gasteiger partial charge in [-0.1, -0.05) is 34.8 Å². The zero-order valence-corrected chi connectivity index (χ0v) is 18.2. The van der Waals surface area contributed by atoms with Crippen molar-refractivity contribution >= 4 is 57.9 Å². The summed E-state index contributed by atoms with van der Waals surface area (Å²) >= 11 is 18.3. The van der Waals surface area contributed by atoms with Gasteiger partial charge in [0.2, 0.25) is 0 Å². The molecule has 1 N–H and O–H groups in total. The quantitative estimate of drug-likeness (QED) is 0.288. The van der Waals surface area contributed by atoms with Gasteiger partial charge in [-0.3, -0.25) is 14.5 Å². The standard InChI is InChI=1S/C22H14Cl3NO5/c1-30-21-14(24)9-11(10-15(21)25)19(27)17-18(16-3-2-8-31-16)26(22(29)20(17)28)13-6-4-12(23)5-7-13/h2-10,18,27H,1H3/b19-17-. The highest BCUT2D eigenvalue weighted by Crippen LogP contribution is 2.44. The average molecular weight is 479 g/mol. The number of nitrogens with zero attached hydrogens (tertiary/aromatic N) is 1. The molecule has 0 saturated carbocycles. The maximum absolute atomic E-state index is 13.0. The smallest absolute Gasteiger partial charge is 0.300 e. The lowest BCUT2D eigenvalue weighted by molar-refractivity contribution is -0.132. The summed E-state index contributed by atoms with van der Waals surface area (Å²) in [5, 5.41) is 11.8. The van der Waals surface area contributed by atoms with Gasteiger partial charge in [0.25, 0.3) is 11.7 Å². The van der Waals surface area contributed by atoms with Crippen LogP contribution in [0.5, 0.6) is 5.75 Å². The Morgan fingerprint density at radius 1 is 1.06 bits per heavy atom. The summed E-state index contributed by atoms with van der Waals surface area (Å²) in [7, 11) is 1.40. The summed E-state index contributed by atoms with van der Waals surface area (Å²) in [6.07, 6.45) is 1.42. The van der Waals surface area contributed by atoms with Crippen molar-refractivity contribution in [2.75, 3.05) is 12.0 Å². The Balaban J connectivity index is 1.92. The van der Waals surface area contributed by atoms with Crippen molar-refractivity contribution in [1.29, 1.82) is 0 Å². The minimum atomic E-state index is -1.00. The van der Waals surface area contributed by atoms with Gasteiger partial charge in [0.15, 0.2) is 5.75 Å². The van der Waals surface area contributed by atoms with E-state index in [0.717, 1.165) is 0 Å². The zero-order chi connectivity index (χ0) is 22.3. The Morgan fingerprint density at radius 3 is 2.26 bits per heavy atom. The van der Waals surface area contributed by atoms with Crippen LogP contribution in [0.3, 0.4) is 0 Å². The number of halogens is 3. The first kappa shape index (κ1) is 21.3. The van der Waals surface area contributed by atoms with Crippen molar-refractivity contribution in [2.24, 2.45) is 0 Å². The van der Waals surface area contributed by atoms with Gasteiger partial charge in [-0.05, 0) is 48.5 Å². The van der Waals surface area contributed by atoms with Crippen LogP contribution in [0, 0.1) is 0 Å². The molecule has 1 fully saturated rings. The Hall–Kier alpha value is -2.93. The number of hydrogen-bond acceptors (Lipinski definition) is 5. The van der Waals surface area contributed by atoms with Gasteiger partial charge in [-0.25, -0.2) is 0 Å². The SMILES string of the molecule is COc1c(Cl)cc(/C(O)=C2/C(=O)C(=O)N(c3ccc(Cl)cc3)C2c2ccco2)cc1Cl. The van der Waals surface area contributed by atoms with Crippen LogP contribution in [0.2, 0.25) is 15.1 Å². The molecule has 2 heterocycles. The largest absolute Gasteiger partial charge is 0.507 e. The summed E-state index contributed by atoms with van der Waals surface area (Å²) in [5.41, 5.74) is 0.409. The van der Waals surface area contributed by atoms with E-state index in [2.05, 4.69) is 0 Å². The number of hydrogen-bond donors (Lipinski definition) is 1. The topological polar surface area (TPSA) is 80.0 Å². The van der Waals surface area contributed by atoms with E-state index in [0.29, 0.717) is 16.5 Å². The monoisotopic (exact) mass is 477 g/mol. The fraction of sp³-hybridized carbons (Fsp3) is 0.0909. The fourth-order valence-corrected chi connectivity index (χ4v) is 4.23. The van der Waals surface area contributed by atoms with Gasteiger partial charge >= 0.3 is 0 Å². The number of carbonyl (C=O) groups excluding carboxylic acids is 2. The average Bonchev–Trinajstić information content (AvgIpc) is 3.35. The number of aliphatic hydroxyl groups excluding tert-OH is 1. The number of amides is 1. The highest BCUT2D eigenvalue weighted by molar-refractivity contribution is 6.51. The van der Waals surface area contributed by atoms with Crippen molar-refractivity contribution in [1.82, 2.24) is 0 Å². The normalized spacial score (nSPS) is 17.9. The third-order valence-electron chi connectivity index (χ3n) is 4.84. The lowest BCUT2D eigenvalue weighted by Gasteiger charge is -2.23. The third kappa shape index (κ3) is 3.67. The van der Waals surface area contributed by atoms with Crippen LogP contribution >= 0.6 is 34.8 Å². The first-order valence-corrected chi connectivity index (χ1v) is 10.1. The number of furan rings is 1. The molecular weight excluding hydrogens is 465 g/mol. The fourth-order valence-electron chi connectivity index (χ4n) is 3.46. The summed E-state index contributed by atoms with van der Waals surface area (Å²) in [6, 6.07) is 11.4. The third-order valence-corrected chi connectivity index (χ3v) is 5.65. The lowest BCUT2D eigenvalue weighted by atomic mass is 9.99. The Labute approximate surface area is 192 Å². The predicted octanol–water partition coefficient (Wildman–Crippen LogP) is 5.87. The second kappa shape index (κ2) is 8.30. The van der Waals surface area contributed by atoms with E-state index in [1.165, 1.54) is 30.4 Å². The molecule has 1 aliphatic heterocycles. The van der Waals surface area contributed by atoms with Crippen LogP contribution in [0.1, 0.15) is 17.4 Å². The molecule has 0 spiro atoms. The molecule has 1 saturated heterocycles. The van der Waals surface area contributed by atoms with E-state index in [1.807, 2.05) is 0 Å². The summed E-state index contributed by atoms with van der Waals surface area (Å²) in [6.45, 7) is 0. The number of benzene rings is 2. The first-order chi connectivity index (χ1) is 14.8. The molecule has 1 aliphatic rings. The van der Waals surface area contributed by atoms with Crippen LogP contribution < -0.4 is 9.64 Å². The summed E-state index contributed by atoms with van der Waals surface area (Å²) in [4.78, 5) is 27.2. The number of rotatable bonds is 4. The molecule has 3 aromatic rings.